The fourth-order valence-electron chi connectivity index (χ4n) is 4.08. The molecule has 0 bridgehead atoms. The van der Waals surface area contributed by atoms with Crippen molar-refractivity contribution in [3.63, 3.8) is 0 Å². The van der Waals surface area contributed by atoms with Crippen LogP contribution < -0.4 is 10.9 Å². The third-order valence-electron chi connectivity index (χ3n) is 6.03. The van der Waals surface area contributed by atoms with Gasteiger partial charge in [-0.2, -0.15) is 0 Å². The van der Waals surface area contributed by atoms with Gasteiger partial charge >= 0.3 is 0 Å². The van der Waals surface area contributed by atoms with Crippen molar-refractivity contribution >= 4 is 44.7 Å². The number of hydrogen-bond donors (Lipinski definition) is 1. The Morgan fingerprint density at radius 2 is 2.13 bits per heavy atom. The molecule has 7 heteroatoms. The zero-order valence-electron chi connectivity index (χ0n) is 17.7. The second-order valence-electron chi connectivity index (χ2n) is 9.18. The van der Waals surface area contributed by atoms with Crippen LogP contribution in [0.4, 0.5) is 5.69 Å². The van der Waals surface area contributed by atoms with Crippen LogP contribution in [0.2, 0.25) is 5.02 Å². The lowest BCUT2D eigenvalue weighted by molar-refractivity contribution is -0.116. The van der Waals surface area contributed by atoms with Crippen molar-refractivity contribution in [3.8, 4) is 0 Å². The molecule has 1 aliphatic carbocycles. The maximum Gasteiger partial charge on any atom is 0.262 e. The molecule has 1 unspecified atom stereocenters. The smallest absolute Gasteiger partial charge is 0.262 e. The van der Waals surface area contributed by atoms with Gasteiger partial charge in [-0.15, -0.1) is 11.3 Å². The first-order chi connectivity index (χ1) is 14.1. The molecule has 3 aromatic rings. The molecule has 2 heterocycles. The largest absolute Gasteiger partial charge is 0.324 e. The van der Waals surface area contributed by atoms with E-state index in [-0.39, 0.29) is 23.4 Å². The molecule has 1 aliphatic rings. The summed E-state index contributed by atoms with van der Waals surface area (Å²) < 4.78 is 1.40. The lowest BCUT2D eigenvalue weighted by atomic mass is 9.72. The Kier molecular flexibility index (Phi) is 5.49. The monoisotopic (exact) mass is 443 g/mol. The molecule has 0 fully saturated rings. The Balaban J connectivity index is 1.59. The summed E-state index contributed by atoms with van der Waals surface area (Å²) in [7, 11) is 0. The van der Waals surface area contributed by atoms with Gasteiger partial charge in [-0.1, -0.05) is 38.4 Å². The van der Waals surface area contributed by atoms with Crippen molar-refractivity contribution in [1.29, 1.82) is 0 Å². The lowest BCUT2D eigenvalue weighted by Gasteiger charge is -2.33. The molecule has 1 N–H and O–H groups in total. The average Bonchev–Trinajstić information content (AvgIpc) is 3.05. The summed E-state index contributed by atoms with van der Waals surface area (Å²) in [6, 6.07) is 5.35. The first kappa shape index (κ1) is 21.1. The summed E-state index contributed by atoms with van der Waals surface area (Å²) in [5.41, 5.74) is 2.80. The number of aromatic nitrogens is 2. The number of nitrogens with one attached hydrogen (secondary N) is 1. The standard InChI is InChI=1S/C23H26ClN3O2S/c1-13-5-7-15(10-17(13)24)26-19(28)11-27-12-25-21-20(22(27)29)16-8-6-14(23(2,3)4)9-18(16)30-21/h5,7,10,12,14H,6,8-9,11H2,1-4H3,(H,26,28). The Morgan fingerprint density at radius 1 is 1.37 bits per heavy atom. The number of aryl methyl sites for hydroxylation is 2. The predicted molar refractivity (Wildman–Crippen MR) is 124 cm³/mol. The molecule has 1 aromatic carbocycles. The molecular weight excluding hydrogens is 418 g/mol. The summed E-state index contributed by atoms with van der Waals surface area (Å²) in [5.74, 6) is 0.322. The molecule has 4 rings (SSSR count). The van der Waals surface area contributed by atoms with Crippen molar-refractivity contribution in [2.24, 2.45) is 11.3 Å². The van der Waals surface area contributed by atoms with Gasteiger partial charge in [-0.3, -0.25) is 14.2 Å². The average molecular weight is 444 g/mol. The van der Waals surface area contributed by atoms with Crippen LogP contribution in [0.15, 0.2) is 29.3 Å². The highest BCUT2D eigenvalue weighted by atomic mass is 35.5. The maximum atomic E-state index is 13.2. The van der Waals surface area contributed by atoms with Crippen LogP contribution in [0.3, 0.4) is 0 Å². The topological polar surface area (TPSA) is 64.0 Å². The summed E-state index contributed by atoms with van der Waals surface area (Å²) in [4.78, 5) is 32.2. The normalized spacial score (nSPS) is 16.5. The van der Waals surface area contributed by atoms with Gasteiger partial charge in [0.25, 0.3) is 5.56 Å². The van der Waals surface area contributed by atoms with Crippen molar-refractivity contribution in [3.05, 3.63) is 55.9 Å². The molecule has 1 atom stereocenters. The molecule has 5 nitrogen and oxygen atoms in total. The quantitative estimate of drug-likeness (QED) is 0.604. The maximum absolute atomic E-state index is 13.2. The first-order valence-electron chi connectivity index (χ1n) is 10.2. The molecule has 0 radical (unpaired) electrons. The van der Waals surface area contributed by atoms with Crippen molar-refractivity contribution < 1.29 is 4.79 Å². The van der Waals surface area contributed by atoms with Crippen LogP contribution in [0.1, 0.15) is 43.2 Å². The molecule has 0 saturated carbocycles. The van der Waals surface area contributed by atoms with Gasteiger partial charge < -0.3 is 5.32 Å². The third-order valence-corrected chi connectivity index (χ3v) is 7.60. The van der Waals surface area contributed by atoms with Crippen molar-refractivity contribution in [2.75, 3.05) is 5.32 Å². The number of hydrogen-bond acceptors (Lipinski definition) is 4. The Labute approximate surface area is 185 Å². The molecule has 30 heavy (non-hydrogen) atoms. The number of benzene rings is 1. The van der Waals surface area contributed by atoms with Gasteiger partial charge in [0.05, 0.1) is 11.7 Å². The second-order valence-corrected chi connectivity index (χ2v) is 10.7. The summed E-state index contributed by atoms with van der Waals surface area (Å²) in [5, 5.41) is 4.08. The number of rotatable bonds is 3. The number of fused-ring (bicyclic) bond motifs is 3. The second kappa shape index (κ2) is 7.82. The van der Waals surface area contributed by atoms with Crippen LogP contribution in [0, 0.1) is 18.3 Å². The van der Waals surface area contributed by atoms with Crippen LogP contribution in [-0.2, 0) is 24.2 Å². The van der Waals surface area contributed by atoms with Gasteiger partial charge in [0.2, 0.25) is 5.91 Å². The number of halogens is 1. The van der Waals surface area contributed by atoms with E-state index in [1.165, 1.54) is 15.8 Å². The highest BCUT2D eigenvalue weighted by Crippen LogP contribution is 2.41. The Hall–Kier alpha value is -2.18. The van der Waals surface area contributed by atoms with E-state index < -0.39 is 0 Å². The molecule has 158 valence electrons. The summed E-state index contributed by atoms with van der Waals surface area (Å²) in [6.45, 7) is 8.66. The Bertz CT molecular complexity index is 1190. The van der Waals surface area contributed by atoms with E-state index in [1.807, 2.05) is 13.0 Å². The minimum Gasteiger partial charge on any atom is -0.324 e. The van der Waals surface area contributed by atoms with Gasteiger partial charge in [0.1, 0.15) is 11.4 Å². The van der Waals surface area contributed by atoms with Crippen molar-refractivity contribution in [2.45, 2.75) is 53.5 Å². The van der Waals surface area contributed by atoms with Crippen LogP contribution in [0.25, 0.3) is 10.2 Å². The van der Waals surface area contributed by atoms with Gasteiger partial charge in [0.15, 0.2) is 0 Å². The molecule has 0 spiro atoms. The summed E-state index contributed by atoms with van der Waals surface area (Å²) in [6.07, 6.45) is 4.45. The van der Waals surface area contributed by atoms with E-state index >= 15 is 0 Å². The predicted octanol–water partition coefficient (Wildman–Crippen LogP) is 5.21. The zero-order chi connectivity index (χ0) is 21.6. The fourth-order valence-corrected chi connectivity index (χ4v) is 5.52. The van der Waals surface area contributed by atoms with E-state index in [0.29, 0.717) is 22.0 Å². The van der Waals surface area contributed by atoms with Gasteiger partial charge in [-0.25, -0.2) is 4.98 Å². The van der Waals surface area contributed by atoms with E-state index in [4.69, 9.17) is 11.6 Å². The highest BCUT2D eigenvalue weighted by molar-refractivity contribution is 7.18. The molecule has 0 aliphatic heterocycles. The van der Waals surface area contributed by atoms with Crippen LogP contribution >= 0.6 is 22.9 Å². The van der Waals surface area contributed by atoms with E-state index in [1.54, 1.807) is 23.5 Å². The lowest BCUT2D eigenvalue weighted by Crippen LogP contribution is -2.29. The first-order valence-corrected chi connectivity index (χ1v) is 11.4. The number of anilines is 1. The van der Waals surface area contributed by atoms with Crippen molar-refractivity contribution in [1.82, 2.24) is 9.55 Å². The van der Waals surface area contributed by atoms with Crippen LogP contribution in [0.5, 0.6) is 0 Å². The number of carbonyl (C=O) groups excluding carboxylic acids is 1. The van der Waals surface area contributed by atoms with E-state index in [2.05, 4.69) is 31.1 Å². The summed E-state index contributed by atoms with van der Waals surface area (Å²) >= 11 is 7.75. The Morgan fingerprint density at radius 3 is 2.83 bits per heavy atom. The zero-order valence-corrected chi connectivity index (χ0v) is 19.3. The highest BCUT2D eigenvalue weighted by Gasteiger charge is 2.31. The van der Waals surface area contributed by atoms with Gasteiger partial charge in [0, 0.05) is 15.6 Å². The number of nitrogens with zero attached hydrogens (tertiary/aromatic N) is 2. The molecule has 0 saturated heterocycles. The minimum atomic E-state index is -0.282. The number of thiophene rings is 1. The van der Waals surface area contributed by atoms with Gasteiger partial charge in [-0.05, 0) is 60.8 Å². The van der Waals surface area contributed by atoms with E-state index in [9.17, 15) is 9.59 Å². The minimum absolute atomic E-state index is 0.0808. The van der Waals surface area contributed by atoms with E-state index in [0.717, 1.165) is 35.2 Å². The fraction of sp³-hybridized carbons (Fsp3) is 0.435. The number of carbonyl (C=O) groups is 1. The molecular formula is C23H26ClN3O2S. The molecule has 1 amide bonds. The van der Waals surface area contributed by atoms with Crippen LogP contribution in [-0.4, -0.2) is 15.5 Å². The third kappa shape index (κ3) is 4.03. The SMILES string of the molecule is Cc1ccc(NC(=O)Cn2cnc3sc4c(c3c2=O)CCC(C(C)(C)C)C4)cc1Cl. The molecule has 2 aromatic heterocycles. The number of amides is 1.